The molecule has 0 aliphatic rings. The summed E-state index contributed by atoms with van der Waals surface area (Å²) in [5.41, 5.74) is 6.12. The zero-order chi connectivity index (χ0) is 13.8. The molecule has 0 radical (unpaired) electrons. The highest BCUT2D eigenvalue weighted by molar-refractivity contribution is 5.92. The highest BCUT2D eigenvalue weighted by atomic mass is 16.5. The molecule has 2 heterocycles. The molecule has 7 heteroatoms. The van der Waals surface area contributed by atoms with Crippen molar-refractivity contribution in [3.8, 4) is 0 Å². The molecule has 0 aromatic carbocycles. The number of nitrogens with zero attached hydrogens (tertiary/aromatic N) is 3. The van der Waals surface area contributed by atoms with Crippen LogP contribution < -0.4 is 5.73 Å². The average molecular weight is 263 g/mol. The number of anilines is 1. The van der Waals surface area contributed by atoms with Gasteiger partial charge in [0.1, 0.15) is 11.6 Å². The van der Waals surface area contributed by atoms with E-state index in [1.807, 2.05) is 6.92 Å². The van der Waals surface area contributed by atoms with E-state index in [-0.39, 0.29) is 11.7 Å². The minimum absolute atomic E-state index is 0.0781. The minimum atomic E-state index is -0.506. The van der Waals surface area contributed by atoms with E-state index in [9.17, 15) is 4.79 Å². The number of nitrogens with two attached hydrogens (primary N) is 1. The molecule has 0 spiro atoms. The first kappa shape index (κ1) is 13.1. The molecule has 0 bridgehead atoms. The van der Waals surface area contributed by atoms with Crippen LogP contribution in [0.3, 0.4) is 0 Å². The molecule has 1 atom stereocenters. The molecule has 0 saturated carbocycles. The number of aromatic nitrogens is 4. The van der Waals surface area contributed by atoms with Crippen molar-refractivity contribution in [1.82, 2.24) is 19.5 Å². The van der Waals surface area contributed by atoms with Gasteiger partial charge in [-0.3, -0.25) is 0 Å². The number of nitrogen functional groups attached to an aromatic ring is 1. The zero-order valence-electron chi connectivity index (χ0n) is 11.0. The Kier molecular flexibility index (Phi) is 3.84. The van der Waals surface area contributed by atoms with Crippen LogP contribution in [-0.4, -0.2) is 32.1 Å². The van der Waals surface area contributed by atoms with Crippen molar-refractivity contribution in [2.24, 2.45) is 0 Å². The van der Waals surface area contributed by atoms with E-state index in [1.165, 1.54) is 6.33 Å². The first-order valence-corrected chi connectivity index (χ1v) is 6.17. The number of nitrogens with one attached hydrogen (secondary N) is 1. The monoisotopic (exact) mass is 263 g/mol. The number of ether oxygens (including phenoxy) is 1. The van der Waals surface area contributed by atoms with Gasteiger partial charge in [0, 0.05) is 12.4 Å². The Morgan fingerprint density at radius 1 is 1.53 bits per heavy atom. The molecule has 102 valence electrons. The van der Waals surface area contributed by atoms with Crippen LogP contribution in [0.2, 0.25) is 0 Å². The lowest BCUT2D eigenvalue weighted by Crippen LogP contribution is -2.15. The van der Waals surface area contributed by atoms with Crippen LogP contribution in [0.25, 0.3) is 0 Å². The number of hydrogen-bond donors (Lipinski definition) is 2. The number of esters is 1. The molecule has 0 fully saturated rings. The molecule has 0 aliphatic heterocycles. The third-order valence-electron chi connectivity index (χ3n) is 2.86. The molecule has 3 N–H and O–H groups in total. The maximum absolute atomic E-state index is 11.7. The number of hydrogen-bond acceptors (Lipinski definition) is 5. The lowest BCUT2D eigenvalue weighted by molar-refractivity contribution is 0.0521. The minimum Gasteiger partial charge on any atom is -0.461 e. The van der Waals surface area contributed by atoms with Gasteiger partial charge in [0.05, 0.1) is 19.0 Å². The maximum Gasteiger partial charge on any atom is 0.360 e. The van der Waals surface area contributed by atoms with Gasteiger partial charge in [-0.15, -0.1) is 0 Å². The van der Waals surface area contributed by atoms with Crippen LogP contribution in [0.1, 0.15) is 42.6 Å². The van der Waals surface area contributed by atoms with Gasteiger partial charge in [0.2, 0.25) is 0 Å². The fraction of sp³-hybridized carbons (Fsp3) is 0.417. The molecule has 2 aromatic heterocycles. The third-order valence-corrected chi connectivity index (χ3v) is 2.86. The molecule has 0 amide bonds. The topological polar surface area (TPSA) is 98.8 Å². The first-order chi connectivity index (χ1) is 9.19. The summed E-state index contributed by atoms with van der Waals surface area (Å²) in [6, 6.07) is -0.0781. The van der Waals surface area contributed by atoms with Crippen molar-refractivity contribution < 1.29 is 9.53 Å². The van der Waals surface area contributed by atoms with Crippen molar-refractivity contribution in [2.75, 3.05) is 12.3 Å². The predicted octanol–water partition coefficient (Wildman–Crippen LogP) is 1.36. The largest absolute Gasteiger partial charge is 0.461 e. The van der Waals surface area contributed by atoms with Crippen molar-refractivity contribution in [3.05, 3.63) is 30.2 Å². The summed E-state index contributed by atoms with van der Waals surface area (Å²) < 4.78 is 6.64. The van der Waals surface area contributed by atoms with Gasteiger partial charge in [-0.05, 0) is 13.3 Å². The summed E-state index contributed by atoms with van der Waals surface area (Å²) >= 11 is 0. The van der Waals surface area contributed by atoms with Gasteiger partial charge in [-0.1, -0.05) is 6.92 Å². The summed E-state index contributed by atoms with van der Waals surface area (Å²) in [6.45, 7) is 4.04. The lowest BCUT2D eigenvalue weighted by Gasteiger charge is -2.15. The second kappa shape index (κ2) is 5.55. The average Bonchev–Trinajstić information content (AvgIpc) is 3.02. The van der Waals surface area contributed by atoms with Gasteiger partial charge in [0.15, 0.2) is 5.69 Å². The molecule has 7 nitrogen and oxygen atoms in total. The number of rotatable bonds is 5. The summed E-state index contributed by atoms with van der Waals surface area (Å²) in [5, 5.41) is 0. The van der Waals surface area contributed by atoms with Gasteiger partial charge < -0.3 is 20.0 Å². The van der Waals surface area contributed by atoms with E-state index in [2.05, 4.69) is 15.0 Å². The maximum atomic E-state index is 11.7. The van der Waals surface area contributed by atoms with Gasteiger partial charge >= 0.3 is 5.97 Å². The van der Waals surface area contributed by atoms with E-state index in [0.29, 0.717) is 12.4 Å². The quantitative estimate of drug-likeness (QED) is 0.794. The molecule has 2 aromatic rings. The molecular formula is C12H17N5O2. The Bertz CT molecular complexity index is 546. The Hall–Kier alpha value is -2.31. The summed E-state index contributed by atoms with van der Waals surface area (Å²) in [7, 11) is 0. The number of aromatic amines is 1. The summed E-state index contributed by atoms with van der Waals surface area (Å²) in [4.78, 5) is 23.0. The Balaban J connectivity index is 2.33. The van der Waals surface area contributed by atoms with Crippen molar-refractivity contribution in [1.29, 1.82) is 0 Å². The van der Waals surface area contributed by atoms with Crippen molar-refractivity contribution in [3.63, 3.8) is 0 Å². The fourth-order valence-corrected chi connectivity index (χ4v) is 1.96. The predicted molar refractivity (Wildman–Crippen MR) is 69.6 cm³/mol. The molecule has 0 aliphatic carbocycles. The van der Waals surface area contributed by atoms with Crippen molar-refractivity contribution in [2.45, 2.75) is 26.3 Å². The van der Waals surface area contributed by atoms with E-state index in [1.54, 1.807) is 23.9 Å². The van der Waals surface area contributed by atoms with Crippen LogP contribution in [-0.2, 0) is 4.74 Å². The molecule has 0 saturated heterocycles. The normalized spacial score (nSPS) is 12.3. The summed E-state index contributed by atoms with van der Waals surface area (Å²) in [5.74, 6) is 0.566. The van der Waals surface area contributed by atoms with Crippen LogP contribution in [0, 0.1) is 0 Å². The van der Waals surface area contributed by atoms with Gasteiger partial charge in [0.25, 0.3) is 0 Å². The number of carbonyl (C=O) groups excluding carboxylic acids is 1. The highest BCUT2D eigenvalue weighted by Crippen LogP contribution is 2.24. The lowest BCUT2D eigenvalue weighted by atomic mass is 10.2. The van der Waals surface area contributed by atoms with E-state index in [4.69, 9.17) is 10.5 Å². The smallest absolute Gasteiger partial charge is 0.360 e. The number of imidazole rings is 2. The zero-order valence-corrected chi connectivity index (χ0v) is 11.0. The van der Waals surface area contributed by atoms with E-state index >= 15 is 0 Å². The number of carbonyl (C=O) groups is 1. The third kappa shape index (κ3) is 2.44. The Morgan fingerprint density at radius 3 is 2.89 bits per heavy atom. The number of H-pyrrole nitrogens is 1. The van der Waals surface area contributed by atoms with Crippen LogP contribution in [0.4, 0.5) is 5.82 Å². The van der Waals surface area contributed by atoms with E-state index in [0.717, 1.165) is 12.2 Å². The molecule has 19 heavy (non-hydrogen) atoms. The van der Waals surface area contributed by atoms with Crippen molar-refractivity contribution >= 4 is 11.8 Å². The van der Waals surface area contributed by atoms with Crippen LogP contribution in [0.15, 0.2) is 18.7 Å². The van der Waals surface area contributed by atoms with Crippen LogP contribution >= 0.6 is 0 Å². The Labute approximate surface area is 110 Å². The highest BCUT2D eigenvalue weighted by Gasteiger charge is 2.22. The van der Waals surface area contributed by atoms with Crippen LogP contribution in [0.5, 0.6) is 0 Å². The molecule has 1 unspecified atom stereocenters. The van der Waals surface area contributed by atoms with E-state index < -0.39 is 5.97 Å². The fourth-order valence-electron chi connectivity index (χ4n) is 1.96. The standard InChI is InChI=1S/C12H17N5O2/c1-3-8(11-14-5-6-15-11)17-7-16-9(10(17)13)12(18)19-4-2/h5-8H,3-4,13H2,1-2H3,(H,14,15). The molecular weight excluding hydrogens is 246 g/mol. The first-order valence-electron chi connectivity index (χ1n) is 6.17. The second-order valence-corrected chi connectivity index (χ2v) is 4.00. The molecule has 2 rings (SSSR count). The SMILES string of the molecule is CCOC(=O)c1ncn(C(CC)c2ncc[nH]2)c1N. The Morgan fingerprint density at radius 2 is 2.32 bits per heavy atom. The second-order valence-electron chi connectivity index (χ2n) is 4.00. The van der Waals surface area contributed by atoms with Gasteiger partial charge in [-0.2, -0.15) is 0 Å². The summed E-state index contributed by atoms with van der Waals surface area (Å²) in [6.07, 6.45) is 5.74. The van der Waals surface area contributed by atoms with Gasteiger partial charge in [-0.25, -0.2) is 14.8 Å².